The number of rotatable bonds is 2. The van der Waals surface area contributed by atoms with Crippen LogP contribution in [0, 0.1) is 15.9 Å². The normalized spacial score (nSPS) is 9.29. The van der Waals surface area contributed by atoms with Crippen molar-refractivity contribution in [3.8, 4) is 0 Å². The first-order chi connectivity index (χ1) is 6.56. The number of aliphatic imine (C=N–C) groups is 1. The number of thiocarbonyl (C=S) groups is 1. The van der Waals surface area contributed by atoms with E-state index in [0.717, 1.165) is 12.1 Å². The van der Waals surface area contributed by atoms with Gasteiger partial charge in [-0.25, -0.2) is 4.39 Å². The summed E-state index contributed by atoms with van der Waals surface area (Å²) in [7, 11) is 0. The van der Waals surface area contributed by atoms with Crippen LogP contribution >= 0.6 is 23.8 Å². The summed E-state index contributed by atoms with van der Waals surface area (Å²) in [6.07, 6.45) is 0. The van der Waals surface area contributed by atoms with Gasteiger partial charge >= 0.3 is 0 Å². The van der Waals surface area contributed by atoms with Crippen LogP contribution in [0.5, 0.6) is 0 Å². The third-order valence-electron chi connectivity index (χ3n) is 1.38. The molecule has 0 aliphatic heterocycles. The van der Waals surface area contributed by atoms with Crippen molar-refractivity contribution in [1.29, 1.82) is 0 Å². The fourth-order valence-electron chi connectivity index (χ4n) is 0.801. The average molecular weight is 233 g/mol. The Balaban J connectivity index is 3.41. The molecule has 0 aliphatic rings. The zero-order valence-corrected chi connectivity index (χ0v) is 8.10. The molecule has 0 radical (unpaired) electrons. The minimum atomic E-state index is -0.780. The summed E-state index contributed by atoms with van der Waals surface area (Å²) in [5.41, 5.74) is -0.673. The fraction of sp³-hybridized carbons (Fsp3) is 0. The monoisotopic (exact) mass is 232 g/mol. The number of hydrogen-bond acceptors (Lipinski definition) is 4. The lowest BCUT2D eigenvalue weighted by molar-refractivity contribution is -0.384. The highest BCUT2D eigenvalue weighted by Gasteiger charge is 2.16. The lowest BCUT2D eigenvalue weighted by Crippen LogP contribution is -1.90. The summed E-state index contributed by atoms with van der Waals surface area (Å²) in [6.45, 7) is 0. The molecule has 14 heavy (non-hydrogen) atoms. The van der Waals surface area contributed by atoms with Gasteiger partial charge in [0.05, 0.1) is 10.1 Å². The maximum absolute atomic E-state index is 13.0. The first-order valence-electron chi connectivity index (χ1n) is 3.27. The van der Waals surface area contributed by atoms with Gasteiger partial charge in [0, 0.05) is 12.1 Å². The Morgan fingerprint density at radius 3 is 2.79 bits per heavy atom. The summed E-state index contributed by atoms with van der Waals surface area (Å²) in [5, 5.41) is 12.0. The second-order valence-electron chi connectivity index (χ2n) is 2.22. The second kappa shape index (κ2) is 4.23. The molecule has 0 aliphatic carbocycles. The van der Waals surface area contributed by atoms with Crippen LogP contribution in [0.4, 0.5) is 15.8 Å². The van der Waals surface area contributed by atoms with Gasteiger partial charge in [0.25, 0.3) is 5.69 Å². The standard InChI is InChI=1S/C7H2ClFN2O2S/c8-4-1-5(9)6(10-3-14)2-7(4)11(12)13/h1-2H. The Morgan fingerprint density at radius 2 is 2.29 bits per heavy atom. The Hall–Kier alpha value is -1.36. The molecule has 1 aromatic carbocycles. The average Bonchev–Trinajstić information content (AvgIpc) is 2.09. The SMILES string of the molecule is O=[N+]([O-])c1cc(N=C=S)c(F)cc1Cl. The molecule has 7 heteroatoms. The molecule has 0 amide bonds. The molecule has 0 saturated carbocycles. The van der Waals surface area contributed by atoms with E-state index in [1.807, 2.05) is 5.16 Å². The van der Waals surface area contributed by atoms with Crippen molar-refractivity contribution < 1.29 is 9.31 Å². The van der Waals surface area contributed by atoms with Gasteiger partial charge in [0.15, 0.2) is 5.82 Å². The first kappa shape index (κ1) is 10.7. The van der Waals surface area contributed by atoms with Gasteiger partial charge in [-0.3, -0.25) is 10.1 Å². The number of halogens is 2. The first-order valence-corrected chi connectivity index (χ1v) is 4.06. The van der Waals surface area contributed by atoms with Crippen LogP contribution in [0.3, 0.4) is 0 Å². The number of benzene rings is 1. The molecular formula is C7H2ClFN2O2S. The van der Waals surface area contributed by atoms with Gasteiger partial charge in [0.1, 0.15) is 10.7 Å². The van der Waals surface area contributed by atoms with E-state index in [1.54, 1.807) is 0 Å². The molecule has 1 rings (SSSR count). The van der Waals surface area contributed by atoms with Crippen molar-refractivity contribution in [2.75, 3.05) is 0 Å². The van der Waals surface area contributed by atoms with E-state index in [1.165, 1.54) is 0 Å². The van der Waals surface area contributed by atoms with Crippen molar-refractivity contribution >= 4 is 40.4 Å². The summed E-state index contributed by atoms with van der Waals surface area (Å²) in [5.74, 6) is -0.780. The van der Waals surface area contributed by atoms with Crippen LogP contribution in [-0.2, 0) is 0 Å². The molecule has 72 valence electrons. The number of hydrogen-bond donors (Lipinski definition) is 0. The van der Waals surface area contributed by atoms with E-state index in [9.17, 15) is 14.5 Å². The highest BCUT2D eigenvalue weighted by Crippen LogP contribution is 2.31. The van der Waals surface area contributed by atoms with Crippen LogP contribution in [0.2, 0.25) is 5.02 Å². The Morgan fingerprint density at radius 1 is 1.64 bits per heavy atom. The molecule has 1 aromatic rings. The van der Waals surface area contributed by atoms with Crippen molar-refractivity contribution in [2.45, 2.75) is 0 Å². The smallest absolute Gasteiger partial charge is 0.258 e. The Kier molecular flexibility index (Phi) is 3.24. The maximum Gasteiger partial charge on any atom is 0.290 e. The van der Waals surface area contributed by atoms with Gasteiger partial charge in [-0.15, -0.1) is 0 Å². The van der Waals surface area contributed by atoms with E-state index in [-0.39, 0.29) is 10.7 Å². The van der Waals surface area contributed by atoms with Gasteiger partial charge in [-0.05, 0) is 12.2 Å². The van der Waals surface area contributed by atoms with Gasteiger partial charge in [0.2, 0.25) is 0 Å². The number of isothiocyanates is 1. The fourth-order valence-corrected chi connectivity index (χ4v) is 1.12. The molecule has 0 saturated heterocycles. The summed E-state index contributed by atoms with van der Waals surface area (Å²) >= 11 is 9.68. The highest BCUT2D eigenvalue weighted by atomic mass is 35.5. The van der Waals surface area contributed by atoms with Gasteiger partial charge in [-0.2, -0.15) is 4.99 Å². The topological polar surface area (TPSA) is 55.5 Å². The molecule has 0 heterocycles. The summed E-state index contributed by atoms with van der Waals surface area (Å²) < 4.78 is 13.0. The Bertz CT molecular complexity index is 422. The van der Waals surface area contributed by atoms with Crippen molar-refractivity contribution in [2.24, 2.45) is 4.99 Å². The van der Waals surface area contributed by atoms with E-state index in [4.69, 9.17) is 11.6 Å². The summed E-state index contributed by atoms with van der Waals surface area (Å²) in [6, 6.07) is 1.71. The lowest BCUT2D eigenvalue weighted by atomic mass is 10.2. The largest absolute Gasteiger partial charge is 0.290 e. The third-order valence-corrected chi connectivity index (χ3v) is 1.77. The minimum Gasteiger partial charge on any atom is -0.258 e. The molecule has 0 unspecified atom stereocenters. The molecule has 0 aromatic heterocycles. The molecule has 0 N–H and O–H groups in total. The molecule has 0 atom stereocenters. The van der Waals surface area contributed by atoms with Gasteiger partial charge < -0.3 is 0 Å². The van der Waals surface area contributed by atoms with Gasteiger partial charge in [-0.1, -0.05) is 11.6 Å². The number of nitrogens with zero attached hydrogens (tertiary/aromatic N) is 2. The summed E-state index contributed by atoms with van der Waals surface area (Å²) in [4.78, 5) is 13.0. The minimum absolute atomic E-state index is 0.254. The zero-order valence-electron chi connectivity index (χ0n) is 6.53. The quantitative estimate of drug-likeness (QED) is 0.341. The molecule has 0 spiro atoms. The third kappa shape index (κ3) is 2.11. The van der Waals surface area contributed by atoms with E-state index in [2.05, 4.69) is 17.2 Å². The molecular weight excluding hydrogens is 231 g/mol. The van der Waals surface area contributed by atoms with E-state index >= 15 is 0 Å². The zero-order chi connectivity index (χ0) is 10.7. The lowest BCUT2D eigenvalue weighted by Gasteiger charge is -1.97. The van der Waals surface area contributed by atoms with Crippen LogP contribution in [0.15, 0.2) is 17.1 Å². The number of nitro groups is 1. The number of nitro benzene ring substituents is 1. The van der Waals surface area contributed by atoms with Crippen LogP contribution < -0.4 is 0 Å². The maximum atomic E-state index is 13.0. The van der Waals surface area contributed by atoms with Crippen molar-refractivity contribution in [3.63, 3.8) is 0 Å². The van der Waals surface area contributed by atoms with E-state index < -0.39 is 16.4 Å². The van der Waals surface area contributed by atoms with Crippen LogP contribution in [0.1, 0.15) is 0 Å². The van der Waals surface area contributed by atoms with Crippen molar-refractivity contribution in [1.82, 2.24) is 0 Å². The predicted molar refractivity (Wildman–Crippen MR) is 52.8 cm³/mol. The molecule has 4 nitrogen and oxygen atoms in total. The van der Waals surface area contributed by atoms with Crippen LogP contribution in [-0.4, -0.2) is 10.1 Å². The Labute approximate surface area is 88.2 Å². The molecule has 0 fully saturated rings. The van der Waals surface area contributed by atoms with Crippen LogP contribution in [0.25, 0.3) is 0 Å². The highest BCUT2D eigenvalue weighted by molar-refractivity contribution is 7.78. The van der Waals surface area contributed by atoms with E-state index in [0.29, 0.717) is 0 Å². The molecule has 0 bridgehead atoms. The second-order valence-corrected chi connectivity index (χ2v) is 2.81. The van der Waals surface area contributed by atoms with Crippen molar-refractivity contribution in [3.05, 3.63) is 33.1 Å². The predicted octanol–water partition coefficient (Wildman–Crippen LogP) is 3.12.